The van der Waals surface area contributed by atoms with Gasteiger partial charge in [-0.1, -0.05) is 30.3 Å². The standard InChI is InChI=1S/C21H24N4S/c1-23-21(24-14-18-9-7-17(13-22)8-10-18)25-12-11-19(15-25)16-26-20-5-3-2-4-6-20/h2-10,19H,11-12,14-16H2,1H3,(H,23,24). The largest absolute Gasteiger partial charge is 0.352 e. The minimum absolute atomic E-state index is 0.689. The van der Waals surface area contributed by atoms with Crippen LogP contribution in [-0.2, 0) is 6.54 Å². The van der Waals surface area contributed by atoms with Crippen molar-refractivity contribution in [2.75, 3.05) is 25.9 Å². The number of hydrogen-bond donors (Lipinski definition) is 1. The van der Waals surface area contributed by atoms with Crippen LogP contribution < -0.4 is 5.32 Å². The zero-order valence-corrected chi connectivity index (χ0v) is 15.9. The lowest BCUT2D eigenvalue weighted by Gasteiger charge is -2.21. The van der Waals surface area contributed by atoms with Crippen molar-refractivity contribution in [3.8, 4) is 6.07 Å². The highest BCUT2D eigenvalue weighted by Gasteiger charge is 2.24. The molecule has 5 heteroatoms. The highest BCUT2D eigenvalue weighted by atomic mass is 32.2. The van der Waals surface area contributed by atoms with Gasteiger partial charge in [-0.2, -0.15) is 5.26 Å². The average Bonchev–Trinajstić information content (AvgIpc) is 3.17. The van der Waals surface area contributed by atoms with Crippen LogP contribution in [-0.4, -0.2) is 36.7 Å². The summed E-state index contributed by atoms with van der Waals surface area (Å²) in [4.78, 5) is 8.13. The molecule has 4 nitrogen and oxygen atoms in total. The Hall–Kier alpha value is -2.45. The quantitative estimate of drug-likeness (QED) is 0.499. The molecule has 1 fully saturated rings. The highest BCUT2D eigenvalue weighted by Crippen LogP contribution is 2.25. The van der Waals surface area contributed by atoms with Gasteiger partial charge in [0.25, 0.3) is 0 Å². The number of guanidine groups is 1. The molecule has 0 saturated carbocycles. The first-order valence-corrected chi connectivity index (χ1v) is 9.89. The number of thioether (sulfide) groups is 1. The van der Waals surface area contributed by atoms with E-state index >= 15 is 0 Å². The molecule has 0 spiro atoms. The van der Waals surface area contributed by atoms with Gasteiger partial charge in [-0.3, -0.25) is 4.99 Å². The van der Waals surface area contributed by atoms with Gasteiger partial charge in [0.2, 0.25) is 0 Å². The number of hydrogen-bond acceptors (Lipinski definition) is 3. The molecule has 3 rings (SSSR count). The molecule has 1 aliphatic rings. The van der Waals surface area contributed by atoms with Gasteiger partial charge in [0, 0.05) is 37.3 Å². The maximum absolute atomic E-state index is 8.88. The van der Waals surface area contributed by atoms with Gasteiger partial charge in [0.15, 0.2) is 5.96 Å². The van der Waals surface area contributed by atoms with Gasteiger partial charge in [0.1, 0.15) is 0 Å². The summed E-state index contributed by atoms with van der Waals surface area (Å²) in [5.41, 5.74) is 1.84. The Morgan fingerprint density at radius 2 is 2.00 bits per heavy atom. The highest BCUT2D eigenvalue weighted by molar-refractivity contribution is 7.99. The van der Waals surface area contributed by atoms with E-state index in [4.69, 9.17) is 5.26 Å². The summed E-state index contributed by atoms with van der Waals surface area (Å²) in [6, 6.07) is 20.4. The first-order valence-electron chi connectivity index (χ1n) is 8.91. The Labute approximate surface area is 159 Å². The fraction of sp³-hybridized carbons (Fsp3) is 0.333. The SMILES string of the molecule is CN=C(NCc1ccc(C#N)cc1)N1CCC(CSc2ccccc2)C1. The van der Waals surface area contributed by atoms with Crippen molar-refractivity contribution >= 4 is 17.7 Å². The van der Waals surface area contributed by atoms with Gasteiger partial charge >= 0.3 is 0 Å². The fourth-order valence-corrected chi connectivity index (χ4v) is 4.15. The molecule has 134 valence electrons. The first kappa shape index (κ1) is 18.3. The zero-order chi connectivity index (χ0) is 18.2. The van der Waals surface area contributed by atoms with Crippen LogP contribution in [0, 0.1) is 17.2 Å². The van der Waals surface area contributed by atoms with Crippen LogP contribution >= 0.6 is 11.8 Å². The molecule has 1 unspecified atom stereocenters. The van der Waals surface area contributed by atoms with Crippen LogP contribution in [0.2, 0.25) is 0 Å². The molecule has 0 radical (unpaired) electrons. The van der Waals surface area contributed by atoms with E-state index in [0.29, 0.717) is 11.5 Å². The number of likely N-dealkylation sites (tertiary alicyclic amines) is 1. The summed E-state index contributed by atoms with van der Waals surface area (Å²) >= 11 is 1.94. The summed E-state index contributed by atoms with van der Waals surface area (Å²) in [6.07, 6.45) is 1.21. The van der Waals surface area contributed by atoms with E-state index in [1.165, 1.54) is 11.3 Å². The molecule has 2 aromatic rings. The van der Waals surface area contributed by atoms with E-state index in [0.717, 1.165) is 36.9 Å². The van der Waals surface area contributed by atoms with Gasteiger partial charge in [0.05, 0.1) is 11.6 Å². The number of rotatable bonds is 5. The molecule has 1 saturated heterocycles. The van der Waals surface area contributed by atoms with Gasteiger partial charge in [-0.05, 0) is 42.2 Å². The smallest absolute Gasteiger partial charge is 0.193 e. The maximum Gasteiger partial charge on any atom is 0.193 e. The third-order valence-electron chi connectivity index (χ3n) is 4.56. The van der Waals surface area contributed by atoms with Crippen molar-refractivity contribution in [2.45, 2.75) is 17.9 Å². The van der Waals surface area contributed by atoms with E-state index < -0.39 is 0 Å². The maximum atomic E-state index is 8.88. The molecular formula is C21H24N4S. The van der Waals surface area contributed by atoms with E-state index in [1.807, 2.05) is 43.1 Å². The molecule has 1 heterocycles. The van der Waals surface area contributed by atoms with Crippen molar-refractivity contribution in [1.29, 1.82) is 5.26 Å². The molecule has 2 aromatic carbocycles. The van der Waals surface area contributed by atoms with E-state index in [-0.39, 0.29) is 0 Å². The van der Waals surface area contributed by atoms with Crippen molar-refractivity contribution in [3.63, 3.8) is 0 Å². The van der Waals surface area contributed by atoms with Crippen LogP contribution in [0.15, 0.2) is 64.5 Å². The Kier molecular flexibility index (Phi) is 6.56. The summed E-state index contributed by atoms with van der Waals surface area (Å²) in [5, 5.41) is 12.3. The molecule has 1 N–H and O–H groups in total. The zero-order valence-electron chi connectivity index (χ0n) is 15.1. The Morgan fingerprint density at radius 3 is 2.69 bits per heavy atom. The van der Waals surface area contributed by atoms with Crippen molar-refractivity contribution < 1.29 is 0 Å². The second-order valence-corrected chi connectivity index (χ2v) is 7.53. The number of benzene rings is 2. The van der Waals surface area contributed by atoms with E-state index in [1.54, 1.807) is 0 Å². The minimum Gasteiger partial charge on any atom is -0.352 e. The van der Waals surface area contributed by atoms with Crippen molar-refractivity contribution in [2.24, 2.45) is 10.9 Å². The predicted molar refractivity (Wildman–Crippen MR) is 108 cm³/mol. The van der Waals surface area contributed by atoms with E-state index in [2.05, 4.69) is 51.6 Å². The van der Waals surface area contributed by atoms with Crippen LogP contribution in [0.3, 0.4) is 0 Å². The molecule has 0 aliphatic carbocycles. The molecule has 1 atom stereocenters. The monoisotopic (exact) mass is 364 g/mol. The van der Waals surface area contributed by atoms with Crippen LogP contribution in [0.4, 0.5) is 0 Å². The first-order chi connectivity index (χ1) is 12.8. The van der Waals surface area contributed by atoms with Crippen molar-refractivity contribution in [3.05, 3.63) is 65.7 Å². The summed E-state index contributed by atoms with van der Waals surface area (Å²) in [7, 11) is 1.84. The molecule has 26 heavy (non-hydrogen) atoms. The molecule has 0 bridgehead atoms. The lowest BCUT2D eigenvalue weighted by Crippen LogP contribution is -2.39. The number of nitrogens with one attached hydrogen (secondary N) is 1. The van der Waals surface area contributed by atoms with Crippen LogP contribution in [0.25, 0.3) is 0 Å². The Balaban J connectivity index is 1.47. The minimum atomic E-state index is 0.689. The molecule has 1 aliphatic heterocycles. The van der Waals surface area contributed by atoms with E-state index in [9.17, 15) is 0 Å². The fourth-order valence-electron chi connectivity index (χ4n) is 3.10. The lowest BCUT2D eigenvalue weighted by molar-refractivity contribution is 0.474. The number of nitriles is 1. The molecule has 0 amide bonds. The van der Waals surface area contributed by atoms with Gasteiger partial charge < -0.3 is 10.2 Å². The second-order valence-electron chi connectivity index (χ2n) is 6.43. The van der Waals surface area contributed by atoms with Crippen molar-refractivity contribution in [1.82, 2.24) is 10.2 Å². The average molecular weight is 365 g/mol. The molecular weight excluding hydrogens is 340 g/mol. The summed E-state index contributed by atoms with van der Waals surface area (Å²) in [6.45, 7) is 2.82. The normalized spacial score (nSPS) is 17.2. The third kappa shape index (κ3) is 5.03. The van der Waals surface area contributed by atoms with Crippen LogP contribution in [0.1, 0.15) is 17.5 Å². The Morgan fingerprint density at radius 1 is 1.23 bits per heavy atom. The van der Waals surface area contributed by atoms with Crippen LogP contribution in [0.5, 0.6) is 0 Å². The summed E-state index contributed by atoms with van der Waals surface area (Å²) < 4.78 is 0. The predicted octanol–water partition coefficient (Wildman–Crippen LogP) is 3.75. The number of aliphatic imine (C=N–C) groups is 1. The topological polar surface area (TPSA) is 51.4 Å². The Bertz CT molecular complexity index is 765. The summed E-state index contributed by atoms with van der Waals surface area (Å²) in [5.74, 6) is 2.79. The van der Waals surface area contributed by atoms with Gasteiger partial charge in [-0.25, -0.2) is 0 Å². The van der Waals surface area contributed by atoms with Gasteiger partial charge in [-0.15, -0.1) is 11.8 Å². The molecule has 0 aromatic heterocycles. The lowest BCUT2D eigenvalue weighted by atomic mass is 10.1. The number of nitrogens with zero attached hydrogens (tertiary/aromatic N) is 3. The third-order valence-corrected chi connectivity index (χ3v) is 5.80. The second kappa shape index (κ2) is 9.30.